The highest BCUT2D eigenvalue weighted by atomic mass is 79.9. The molecule has 5 heteroatoms. The molecule has 2 aromatic rings. The maximum Gasteiger partial charge on any atom is 0.152 e. The summed E-state index contributed by atoms with van der Waals surface area (Å²) in [5.74, 6) is 0. The van der Waals surface area contributed by atoms with Crippen LogP contribution in [-0.2, 0) is 0 Å². The van der Waals surface area contributed by atoms with E-state index in [1.807, 2.05) is 12.1 Å². The van der Waals surface area contributed by atoms with Crippen LogP contribution in [0.3, 0.4) is 0 Å². The van der Waals surface area contributed by atoms with Crippen molar-refractivity contribution >= 4 is 38.1 Å². The van der Waals surface area contributed by atoms with Gasteiger partial charge in [-0.2, -0.15) is 5.10 Å². The maximum atomic E-state index is 10.9. The molecule has 2 rings (SSSR count). The van der Waals surface area contributed by atoms with Crippen LogP contribution in [0.2, 0.25) is 0 Å². The van der Waals surface area contributed by atoms with Crippen LogP contribution in [0.1, 0.15) is 10.4 Å². The van der Waals surface area contributed by atoms with Gasteiger partial charge in [0.2, 0.25) is 0 Å². The zero-order chi connectivity index (χ0) is 10.8. The first kappa shape index (κ1) is 10.6. The zero-order valence-corrected chi connectivity index (χ0v) is 10.7. The monoisotopic (exact) mass is 328 g/mol. The van der Waals surface area contributed by atoms with Gasteiger partial charge in [-0.1, -0.05) is 15.9 Å². The molecule has 1 aromatic heterocycles. The molecule has 0 N–H and O–H groups in total. The minimum atomic E-state index is 0.597. The van der Waals surface area contributed by atoms with Crippen LogP contribution in [-0.4, -0.2) is 16.1 Å². The lowest BCUT2D eigenvalue weighted by Gasteiger charge is -2.04. The zero-order valence-electron chi connectivity index (χ0n) is 7.52. The number of carbonyl (C=O) groups excluding carboxylic acids is 1. The molecule has 0 aliphatic heterocycles. The Hall–Kier alpha value is -0.940. The summed E-state index contributed by atoms with van der Waals surface area (Å²) < 4.78 is 3.40. The Morgan fingerprint density at radius 2 is 2.07 bits per heavy atom. The lowest BCUT2D eigenvalue weighted by molar-refractivity contribution is 0.112. The molecule has 15 heavy (non-hydrogen) atoms. The fraction of sp³-hybridized carbons (Fsp3) is 0. The van der Waals surface area contributed by atoms with Crippen molar-refractivity contribution in [3.8, 4) is 5.69 Å². The summed E-state index contributed by atoms with van der Waals surface area (Å²) in [7, 11) is 0. The highest BCUT2D eigenvalue weighted by Crippen LogP contribution is 2.19. The molecule has 0 fully saturated rings. The lowest BCUT2D eigenvalue weighted by atomic mass is 10.2. The molecule has 0 aliphatic rings. The van der Waals surface area contributed by atoms with Crippen LogP contribution < -0.4 is 0 Å². The molecular formula is C10H6Br2N2O. The van der Waals surface area contributed by atoms with Crippen molar-refractivity contribution in [1.82, 2.24) is 9.78 Å². The molecule has 1 aromatic carbocycles. The second-order valence-electron chi connectivity index (χ2n) is 2.92. The van der Waals surface area contributed by atoms with Gasteiger partial charge in [-0.3, -0.25) is 4.79 Å². The minimum Gasteiger partial charge on any atom is -0.298 e. The van der Waals surface area contributed by atoms with Gasteiger partial charge in [-0.15, -0.1) is 0 Å². The molecule has 1 heterocycles. The van der Waals surface area contributed by atoms with E-state index in [0.717, 1.165) is 20.9 Å². The molecule has 0 atom stereocenters. The van der Waals surface area contributed by atoms with Gasteiger partial charge in [-0.25, -0.2) is 4.68 Å². The van der Waals surface area contributed by atoms with Crippen LogP contribution in [0, 0.1) is 0 Å². The molecule has 0 amide bonds. The largest absolute Gasteiger partial charge is 0.298 e. The van der Waals surface area contributed by atoms with Crippen LogP contribution in [0.4, 0.5) is 0 Å². The van der Waals surface area contributed by atoms with E-state index in [-0.39, 0.29) is 0 Å². The molecular weight excluding hydrogens is 324 g/mol. The Morgan fingerprint density at radius 3 is 2.67 bits per heavy atom. The number of benzene rings is 1. The summed E-state index contributed by atoms with van der Waals surface area (Å²) in [6.07, 6.45) is 4.29. The Bertz CT molecular complexity index is 508. The van der Waals surface area contributed by atoms with Crippen molar-refractivity contribution < 1.29 is 4.79 Å². The molecule has 0 unspecified atom stereocenters. The second-order valence-corrected chi connectivity index (χ2v) is 4.76. The third-order valence-electron chi connectivity index (χ3n) is 1.91. The minimum absolute atomic E-state index is 0.597. The van der Waals surface area contributed by atoms with E-state index in [1.54, 1.807) is 23.1 Å². The first-order valence-corrected chi connectivity index (χ1v) is 5.74. The molecule has 0 aliphatic carbocycles. The SMILES string of the molecule is O=Cc1cc(Br)ccc1-n1cc(Br)cn1. The van der Waals surface area contributed by atoms with Crippen molar-refractivity contribution in [2.24, 2.45) is 0 Å². The second kappa shape index (κ2) is 4.28. The van der Waals surface area contributed by atoms with Gasteiger partial charge in [0.1, 0.15) is 0 Å². The number of rotatable bonds is 2. The number of nitrogens with zero attached hydrogens (tertiary/aromatic N) is 2. The molecule has 76 valence electrons. The topological polar surface area (TPSA) is 34.9 Å². The highest BCUT2D eigenvalue weighted by Gasteiger charge is 2.05. The summed E-state index contributed by atoms with van der Waals surface area (Å²) in [6.45, 7) is 0. The van der Waals surface area contributed by atoms with Crippen LogP contribution in [0.15, 0.2) is 39.5 Å². The van der Waals surface area contributed by atoms with E-state index in [9.17, 15) is 4.79 Å². The molecule has 0 saturated carbocycles. The van der Waals surface area contributed by atoms with Crippen LogP contribution in [0.5, 0.6) is 0 Å². The number of aldehydes is 1. The predicted molar refractivity (Wildman–Crippen MR) is 64.4 cm³/mol. The van der Waals surface area contributed by atoms with Crippen molar-refractivity contribution in [3.05, 3.63) is 45.1 Å². The van der Waals surface area contributed by atoms with E-state index in [1.165, 1.54) is 0 Å². The first-order valence-electron chi connectivity index (χ1n) is 4.16. The average Bonchev–Trinajstić information content (AvgIpc) is 2.64. The van der Waals surface area contributed by atoms with Crippen LogP contribution >= 0.6 is 31.9 Å². The molecule has 0 bridgehead atoms. The van der Waals surface area contributed by atoms with Crippen molar-refractivity contribution in [3.63, 3.8) is 0 Å². The molecule has 0 radical (unpaired) electrons. The normalized spacial score (nSPS) is 10.3. The van der Waals surface area contributed by atoms with Crippen molar-refractivity contribution in [2.45, 2.75) is 0 Å². The van der Waals surface area contributed by atoms with Gasteiger partial charge < -0.3 is 0 Å². The van der Waals surface area contributed by atoms with E-state index < -0.39 is 0 Å². The fourth-order valence-electron chi connectivity index (χ4n) is 1.26. The number of aromatic nitrogens is 2. The molecule has 0 saturated heterocycles. The Kier molecular flexibility index (Phi) is 3.02. The summed E-state index contributed by atoms with van der Waals surface area (Å²) in [5.41, 5.74) is 1.36. The third-order valence-corrected chi connectivity index (χ3v) is 2.82. The number of carbonyl (C=O) groups is 1. The smallest absolute Gasteiger partial charge is 0.152 e. The van der Waals surface area contributed by atoms with E-state index in [2.05, 4.69) is 37.0 Å². The van der Waals surface area contributed by atoms with Crippen molar-refractivity contribution in [1.29, 1.82) is 0 Å². The third kappa shape index (κ3) is 2.18. The predicted octanol–water partition coefficient (Wildman–Crippen LogP) is 3.21. The van der Waals surface area contributed by atoms with E-state index in [0.29, 0.717) is 5.56 Å². The summed E-state index contributed by atoms with van der Waals surface area (Å²) >= 11 is 6.63. The highest BCUT2D eigenvalue weighted by molar-refractivity contribution is 9.10. The maximum absolute atomic E-state index is 10.9. The van der Waals surface area contributed by atoms with Gasteiger partial charge in [0.05, 0.1) is 16.4 Å². The average molecular weight is 330 g/mol. The van der Waals surface area contributed by atoms with Gasteiger partial charge >= 0.3 is 0 Å². The van der Waals surface area contributed by atoms with E-state index >= 15 is 0 Å². The quantitative estimate of drug-likeness (QED) is 0.793. The number of halogens is 2. The molecule has 3 nitrogen and oxygen atoms in total. The Morgan fingerprint density at radius 1 is 1.27 bits per heavy atom. The summed E-state index contributed by atoms with van der Waals surface area (Å²) in [4.78, 5) is 10.9. The summed E-state index contributed by atoms with van der Waals surface area (Å²) in [6, 6.07) is 5.48. The van der Waals surface area contributed by atoms with Gasteiger partial charge in [0.15, 0.2) is 6.29 Å². The van der Waals surface area contributed by atoms with Crippen LogP contribution in [0.25, 0.3) is 5.69 Å². The standard InChI is InChI=1S/C10H6Br2N2O/c11-8-1-2-10(7(3-8)6-15)14-5-9(12)4-13-14/h1-6H. The fourth-order valence-corrected chi connectivity index (χ4v) is 1.93. The Labute approximate surface area is 103 Å². The van der Waals surface area contributed by atoms with Gasteiger partial charge in [-0.05, 0) is 34.1 Å². The van der Waals surface area contributed by atoms with Gasteiger partial charge in [0.25, 0.3) is 0 Å². The van der Waals surface area contributed by atoms with Crippen molar-refractivity contribution in [2.75, 3.05) is 0 Å². The molecule has 0 spiro atoms. The number of hydrogen-bond acceptors (Lipinski definition) is 2. The Balaban J connectivity index is 2.57. The van der Waals surface area contributed by atoms with Gasteiger partial charge in [0, 0.05) is 16.2 Å². The van der Waals surface area contributed by atoms with E-state index in [4.69, 9.17) is 0 Å². The first-order chi connectivity index (χ1) is 7.20. The number of hydrogen-bond donors (Lipinski definition) is 0. The lowest BCUT2D eigenvalue weighted by Crippen LogP contribution is -1.99. The summed E-state index contributed by atoms with van der Waals surface area (Å²) in [5, 5.41) is 4.12.